The molecule has 1 aromatic heterocycles. The SMILES string of the molecule is COc1ccc(C(=O)N2CCN(c3nc4ccccc4nc3NC3CC3)CC2)cc1Cl. The summed E-state index contributed by atoms with van der Waals surface area (Å²) in [5.41, 5.74) is 2.34. The second-order valence-electron chi connectivity index (χ2n) is 7.93. The molecule has 1 saturated heterocycles. The zero-order chi connectivity index (χ0) is 21.4. The maximum Gasteiger partial charge on any atom is 0.254 e. The number of carbonyl (C=O) groups is 1. The standard InChI is InChI=1S/C23H24ClN5O2/c1-31-20-9-6-15(14-17(20)24)23(30)29-12-10-28(11-13-29)22-21(25-16-7-8-16)26-18-4-2-3-5-19(18)27-22/h2-6,9,14,16H,7-8,10-13H2,1H3,(H,25,26). The number of methoxy groups -OCH3 is 1. The van der Waals surface area contributed by atoms with Crippen LogP contribution in [0.5, 0.6) is 5.75 Å². The van der Waals surface area contributed by atoms with Crippen molar-refractivity contribution in [3.8, 4) is 5.75 Å². The minimum atomic E-state index is -0.0230. The maximum absolute atomic E-state index is 13.0. The molecule has 2 aliphatic rings. The lowest BCUT2D eigenvalue weighted by Crippen LogP contribution is -2.49. The number of aromatic nitrogens is 2. The van der Waals surface area contributed by atoms with E-state index in [1.54, 1.807) is 25.3 Å². The lowest BCUT2D eigenvalue weighted by Gasteiger charge is -2.36. The number of benzene rings is 2. The van der Waals surface area contributed by atoms with Gasteiger partial charge in [0.05, 0.1) is 23.2 Å². The molecule has 0 atom stereocenters. The molecule has 0 spiro atoms. The third kappa shape index (κ3) is 4.10. The highest BCUT2D eigenvalue weighted by atomic mass is 35.5. The average molecular weight is 438 g/mol. The molecule has 0 radical (unpaired) electrons. The van der Waals surface area contributed by atoms with Crippen molar-refractivity contribution in [3.05, 3.63) is 53.1 Å². The minimum Gasteiger partial charge on any atom is -0.495 e. The van der Waals surface area contributed by atoms with Gasteiger partial charge in [0.15, 0.2) is 11.6 Å². The number of para-hydroxylation sites is 2. The maximum atomic E-state index is 13.0. The predicted molar refractivity (Wildman–Crippen MR) is 122 cm³/mol. The van der Waals surface area contributed by atoms with Crippen molar-refractivity contribution in [2.75, 3.05) is 43.5 Å². The normalized spacial score (nSPS) is 16.5. The van der Waals surface area contributed by atoms with Crippen molar-refractivity contribution in [1.82, 2.24) is 14.9 Å². The molecular formula is C23H24ClN5O2. The van der Waals surface area contributed by atoms with Gasteiger partial charge in [-0.1, -0.05) is 23.7 Å². The van der Waals surface area contributed by atoms with Crippen molar-refractivity contribution in [2.45, 2.75) is 18.9 Å². The van der Waals surface area contributed by atoms with Crippen molar-refractivity contribution in [3.63, 3.8) is 0 Å². The predicted octanol–water partition coefficient (Wildman–Crippen LogP) is 3.83. The van der Waals surface area contributed by atoms with Crippen molar-refractivity contribution in [1.29, 1.82) is 0 Å². The monoisotopic (exact) mass is 437 g/mol. The average Bonchev–Trinajstić information content (AvgIpc) is 3.62. The van der Waals surface area contributed by atoms with E-state index in [-0.39, 0.29) is 5.91 Å². The molecule has 31 heavy (non-hydrogen) atoms. The molecule has 5 rings (SSSR count). The van der Waals surface area contributed by atoms with E-state index in [0.29, 0.717) is 48.6 Å². The van der Waals surface area contributed by atoms with Crippen LogP contribution in [0.25, 0.3) is 11.0 Å². The van der Waals surface area contributed by atoms with E-state index in [4.69, 9.17) is 26.3 Å². The summed E-state index contributed by atoms with van der Waals surface area (Å²) in [5.74, 6) is 2.24. The van der Waals surface area contributed by atoms with Crippen LogP contribution in [0.15, 0.2) is 42.5 Å². The number of anilines is 2. The summed E-state index contributed by atoms with van der Waals surface area (Å²) in [7, 11) is 1.56. The molecule has 3 aromatic rings. The van der Waals surface area contributed by atoms with Gasteiger partial charge in [0.2, 0.25) is 0 Å². The summed E-state index contributed by atoms with van der Waals surface area (Å²) in [4.78, 5) is 26.8. The number of hydrogen-bond donors (Lipinski definition) is 1. The molecule has 0 bridgehead atoms. The first-order valence-electron chi connectivity index (χ1n) is 10.5. The fraction of sp³-hybridized carbons (Fsp3) is 0.348. The number of rotatable bonds is 5. The second-order valence-corrected chi connectivity index (χ2v) is 8.34. The van der Waals surface area contributed by atoms with E-state index < -0.39 is 0 Å². The van der Waals surface area contributed by atoms with E-state index in [2.05, 4.69) is 10.2 Å². The molecule has 1 amide bonds. The van der Waals surface area contributed by atoms with Crippen LogP contribution in [-0.2, 0) is 0 Å². The highest BCUT2D eigenvalue weighted by Gasteiger charge is 2.28. The van der Waals surface area contributed by atoms with Crippen molar-refractivity contribution < 1.29 is 9.53 Å². The summed E-state index contributed by atoms with van der Waals surface area (Å²) in [6, 6.07) is 13.6. The number of nitrogens with zero attached hydrogens (tertiary/aromatic N) is 4. The van der Waals surface area contributed by atoms with Crippen molar-refractivity contribution in [2.24, 2.45) is 0 Å². The lowest BCUT2D eigenvalue weighted by atomic mass is 10.1. The topological polar surface area (TPSA) is 70.6 Å². The molecule has 2 fully saturated rings. The Bertz CT molecular complexity index is 1130. The first-order valence-corrected chi connectivity index (χ1v) is 10.9. The zero-order valence-electron chi connectivity index (χ0n) is 17.3. The fourth-order valence-electron chi connectivity index (χ4n) is 3.83. The Balaban J connectivity index is 1.33. The number of nitrogens with one attached hydrogen (secondary N) is 1. The van der Waals surface area contributed by atoms with E-state index >= 15 is 0 Å². The third-order valence-electron chi connectivity index (χ3n) is 5.74. The Kier molecular flexibility index (Phi) is 5.28. The summed E-state index contributed by atoms with van der Waals surface area (Å²) < 4.78 is 5.18. The number of carbonyl (C=O) groups excluding carboxylic acids is 1. The van der Waals surface area contributed by atoms with Gasteiger partial charge in [0, 0.05) is 37.8 Å². The van der Waals surface area contributed by atoms with E-state index in [1.165, 1.54) is 12.8 Å². The van der Waals surface area contributed by atoms with Crippen LogP contribution in [-0.4, -0.2) is 60.1 Å². The summed E-state index contributed by atoms with van der Waals surface area (Å²) in [6.07, 6.45) is 2.33. The molecule has 1 aliphatic carbocycles. The van der Waals surface area contributed by atoms with Crippen LogP contribution in [0.1, 0.15) is 23.2 Å². The highest BCUT2D eigenvalue weighted by molar-refractivity contribution is 6.32. The quantitative estimate of drug-likeness (QED) is 0.654. The van der Waals surface area contributed by atoms with E-state index in [9.17, 15) is 4.79 Å². The highest BCUT2D eigenvalue weighted by Crippen LogP contribution is 2.31. The molecule has 2 heterocycles. The van der Waals surface area contributed by atoms with Gasteiger partial charge in [-0.15, -0.1) is 0 Å². The Morgan fingerprint density at radius 3 is 2.42 bits per heavy atom. The van der Waals surface area contributed by atoms with Gasteiger partial charge in [-0.05, 0) is 43.2 Å². The Morgan fingerprint density at radius 2 is 1.77 bits per heavy atom. The fourth-order valence-corrected chi connectivity index (χ4v) is 4.09. The number of piperazine rings is 1. The number of halogens is 1. The smallest absolute Gasteiger partial charge is 0.254 e. The molecule has 1 saturated carbocycles. The van der Waals surface area contributed by atoms with Gasteiger partial charge in [0.25, 0.3) is 5.91 Å². The molecule has 160 valence electrons. The molecule has 0 unspecified atom stereocenters. The first-order chi connectivity index (χ1) is 15.1. The Labute approximate surface area is 186 Å². The van der Waals surface area contributed by atoms with Gasteiger partial charge in [-0.3, -0.25) is 4.79 Å². The van der Waals surface area contributed by atoms with Crippen LogP contribution in [0.4, 0.5) is 11.6 Å². The third-order valence-corrected chi connectivity index (χ3v) is 6.03. The van der Waals surface area contributed by atoms with Gasteiger partial charge in [-0.2, -0.15) is 0 Å². The van der Waals surface area contributed by atoms with E-state index in [0.717, 1.165) is 22.7 Å². The number of fused-ring (bicyclic) bond motifs is 1. The van der Waals surface area contributed by atoms with Crippen LogP contribution in [0.2, 0.25) is 5.02 Å². The summed E-state index contributed by atoms with van der Waals surface area (Å²) in [6.45, 7) is 2.61. The van der Waals surface area contributed by atoms with Crippen LogP contribution >= 0.6 is 11.6 Å². The molecule has 1 aliphatic heterocycles. The summed E-state index contributed by atoms with van der Waals surface area (Å²) >= 11 is 6.20. The largest absolute Gasteiger partial charge is 0.495 e. The Morgan fingerprint density at radius 1 is 1.06 bits per heavy atom. The first kappa shape index (κ1) is 19.9. The Hall–Kier alpha value is -3.06. The second kappa shape index (κ2) is 8.23. The van der Waals surface area contributed by atoms with Crippen molar-refractivity contribution >= 4 is 40.2 Å². The minimum absolute atomic E-state index is 0.0230. The van der Waals surface area contributed by atoms with Crippen LogP contribution in [0.3, 0.4) is 0 Å². The molecule has 1 N–H and O–H groups in total. The van der Waals surface area contributed by atoms with Gasteiger partial charge >= 0.3 is 0 Å². The summed E-state index contributed by atoms with van der Waals surface area (Å²) in [5, 5.41) is 3.97. The number of hydrogen-bond acceptors (Lipinski definition) is 6. The van der Waals surface area contributed by atoms with Crippen LogP contribution < -0.4 is 15.0 Å². The van der Waals surface area contributed by atoms with Crippen LogP contribution in [0, 0.1) is 0 Å². The van der Waals surface area contributed by atoms with Gasteiger partial charge in [-0.25, -0.2) is 9.97 Å². The zero-order valence-corrected chi connectivity index (χ0v) is 18.1. The molecular weight excluding hydrogens is 414 g/mol. The molecule has 8 heteroatoms. The lowest BCUT2D eigenvalue weighted by molar-refractivity contribution is 0.0746. The molecule has 7 nitrogen and oxygen atoms in total. The number of ether oxygens (including phenoxy) is 1. The van der Waals surface area contributed by atoms with E-state index in [1.807, 2.05) is 29.2 Å². The van der Waals surface area contributed by atoms with Gasteiger partial charge in [0.1, 0.15) is 5.75 Å². The molecule has 2 aromatic carbocycles. The number of amides is 1. The van der Waals surface area contributed by atoms with Gasteiger partial charge < -0.3 is 19.9 Å².